The maximum atomic E-state index is 13.7. The molecule has 94 valence electrons. The van der Waals surface area contributed by atoms with Crippen LogP contribution in [0.1, 0.15) is 15.9 Å². The topological polar surface area (TPSA) is 81.1 Å². The molecule has 5 nitrogen and oxygen atoms in total. The number of nitrogens with two attached hydrogens (primary N) is 1. The molecule has 0 aliphatic heterocycles. The number of halogens is 2. The third-order valence-corrected chi connectivity index (χ3v) is 2.36. The van der Waals surface area contributed by atoms with Crippen molar-refractivity contribution in [3.63, 3.8) is 0 Å². The molecule has 0 bridgehead atoms. The van der Waals surface area contributed by atoms with Crippen molar-refractivity contribution in [3.05, 3.63) is 47.3 Å². The van der Waals surface area contributed by atoms with Crippen molar-refractivity contribution in [2.24, 2.45) is 5.73 Å². The van der Waals surface area contributed by atoms with Crippen LogP contribution in [0.3, 0.4) is 0 Å². The van der Waals surface area contributed by atoms with E-state index in [9.17, 15) is 13.6 Å². The number of rotatable bonds is 3. The quantitative estimate of drug-likeness (QED) is 0.846. The number of aliphatic hydroxyl groups excluding tert-OH is 1. The summed E-state index contributed by atoms with van der Waals surface area (Å²) in [7, 11) is 0. The molecule has 0 fully saturated rings. The minimum absolute atomic E-state index is 0.0417. The van der Waals surface area contributed by atoms with E-state index >= 15 is 0 Å². The van der Waals surface area contributed by atoms with Gasteiger partial charge < -0.3 is 10.8 Å². The average molecular weight is 253 g/mol. The molecule has 2 aromatic rings. The Balaban J connectivity index is 2.53. The Morgan fingerprint density at radius 3 is 2.44 bits per heavy atom. The number of primary amides is 1. The number of aromatic nitrogens is 2. The summed E-state index contributed by atoms with van der Waals surface area (Å²) in [4.78, 5) is 10.9. The Morgan fingerprint density at radius 1 is 1.39 bits per heavy atom. The zero-order valence-electron chi connectivity index (χ0n) is 9.10. The van der Waals surface area contributed by atoms with Gasteiger partial charge in [-0.1, -0.05) is 0 Å². The first-order valence-corrected chi connectivity index (χ1v) is 4.96. The molecule has 0 aliphatic carbocycles. The Bertz CT molecular complexity index is 587. The van der Waals surface area contributed by atoms with E-state index in [1.807, 2.05) is 0 Å². The van der Waals surface area contributed by atoms with Crippen molar-refractivity contribution in [2.75, 3.05) is 0 Å². The second-order valence-electron chi connectivity index (χ2n) is 3.60. The van der Waals surface area contributed by atoms with E-state index in [2.05, 4.69) is 5.10 Å². The zero-order valence-corrected chi connectivity index (χ0v) is 9.10. The van der Waals surface area contributed by atoms with Gasteiger partial charge in [0.2, 0.25) is 0 Å². The largest absolute Gasteiger partial charge is 0.392 e. The molecule has 0 saturated carbocycles. The molecule has 3 N–H and O–H groups in total. The molecule has 1 aromatic carbocycles. The maximum Gasteiger partial charge on any atom is 0.251 e. The first-order chi connectivity index (χ1) is 8.52. The van der Waals surface area contributed by atoms with Gasteiger partial charge in [0.15, 0.2) is 11.6 Å². The summed E-state index contributed by atoms with van der Waals surface area (Å²) in [5.74, 6) is -2.52. The summed E-state index contributed by atoms with van der Waals surface area (Å²) in [6, 6.07) is 1.98. The van der Waals surface area contributed by atoms with Gasteiger partial charge in [-0.2, -0.15) is 5.10 Å². The Hall–Kier alpha value is -2.28. The highest BCUT2D eigenvalue weighted by molar-refractivity contribution is 5.92. The molecule has 0 unspecified atom stereocenters. The number of nitrogens with zero attached hydrogens (tertiary/aromatic N) is 2. The van der Waals surface area contributed by atoms with Gasteiger partial charge in [0, 0.05) is 6.20 Å². The van der Waals surface area contributed by atoms with E-state index in [0.29, 0.717) is 0 Å². The predicted molar refractivity (Wildman–Crippen MR) is 57.9 cm³/mol. The molecule has 0 atom stereocenters. The normalized spacial score (nSPS) is 10.6. The first-order valence-electron chi connectivity index (χ1n) is 4.96. The van der Waals surface area contributed by atoms with Crippen LogP contribution in [0.4, 0.5) is 8.78 Å². The number of aliphatic hydroxyl groups is 1. The van der Waals surface area contributed by atoms with E-state index in [-0.39, 0.29) is 11.1 Å². The molecular formula is C11H9F2N3O2. The van der Waals surface area contributed by atoms with Gasteiger partial charge in [-0.15, -0.1) is 0 Å². The predicted octanol–water partition coefficient (Wildman–Crippen LogP) is 0.742. The third kappa shape index (κ3) is 2.07. The highest BCUT2D eigenvalue weighted by Crippen LogP contribution is 2.19. The van der Waals surface area contributed by atoms with Crippen molar-refractivity contribution in [1.29, 1.82) is 0 Å². The lowest BCUT2D eigenvalue weighted by molar-refractivity contribution is 0.1000. The molecule has 1 aromatic heterocycles. The zero-order chi connectivity index (χ0) is 13.3. The standard InChI is InChI=1S/C11H9F2N3O2/c12-8-1-6(5-17)2-9(13)10(8)16-4-7(3-15-16)11(14)18/h1-4,17H,5H2,(H2,14,18). The molecule has 1 amide bonds. The van der Waals surface area contributed by atoms with Crippen LogP contribution in [0, 0.1) is 11.6 Å². The number of carbonyl (C=O) groups excluding carboxylic acids is 1. The summed E-state index contributed by atoms with van der Waals surface area (Å²) < 4.78 is 28.2. The molecule has 0 aliphatic rings. The van der Waals surface area contributed by atoms with E-state index in [0.717, 1.165) is 29.2 Å². The SMILES string of the molecule is NC(=O)c1cnn(-c2c(F)cc(CO)cc2F)c1. The minimum atomic E-state index is -0.891. The van der Waals surface area contributed by atoms with Crippen LogP contribution in [0.2, 0.25) is 0 Å². The van der Waals surface area contributed by atoms with Crippen LogP contribution < -0.4 is 5.73 Å². The number of hydrogen-bond donors (Lipinski definition) is 2. The van der Waals surface area contributed by atoms with Crippen LogP contribution in [0.5, 0.6) is 0 Å². The highest BCUT2D eigenvalue weighted by Gasteiger charge is 2.15. The lowest BCUT2D eigenvalue weighted by Gasteiger charge is -2.06. The van der Waals surface area contributed by atoms with Crippen molar-refractivity contribution in [1.82, 2.24) is 9.78 Å². The van der Waals surface area contributed by atoms with Gasteiger partial charge in [-0.25, -0.2) is 13.5 Å². The van der Waals surface area contributed by atoms with E-state index in [1.165, 1.54) is 0 Å². The van der Waals surface area contributed by atoms with E-state index in [4.69, 9.17) is 10.8 Å². The van der Waals surface area contributed by atoms with Crippen LogP contribution in [-0.2, 0) is 6.61 Å². The van der Waals surface area contributed by atoms with Crippen LogP contribution in [-0.4, -0.2) is 20.8 Å². The van der Waals surface area contributed by atoms with Gasteiger partial charge in [0.25, 0.3) is 5.91 Å². The molecule has 2 rings (SSSR count). The molecule has 0 radical (unpaired) electrons. The molecule has 7 heteroatoms. The Kier molecular flexibility index (Phi) is 3.07. The summed E-state index contributed by atoms with van der Waals surface area (Å²) in [6.45, 7) is -0.472. The highest BCUT2D eigenvalue weighted by atomic mass is 19.1. The van der Waals surface area contributed by atoms with Gasteiger partial charge in [0.05, 0.1) is 18.4 Å². The third-order valence-electron chi connectivity index (χ3n) is 2.36. The minimum Gasteiger partial charge on any atom is -0.392 e. The van der Waals surface area contributed by atoms with Crippen molar-refractivity contribution >= 4 is 5.91 Å². The Labute approximate surface area is 100 Å². The maximum absolute atomic E-state index is 13.7. The number of carbonyl (C=O) groups is 1. The second-order valence-corrected chi connectivity index (χ2v) is 3.60. The van der Waals surface area contributed by atoms with Crippen molar-refractivity contribution < 1.29 is 18.7 Å². The van der Waals surface area contributed by atoms with E-state index in [1.54, 1.807) is 0 Å². The Morgan fingerprint density at radius 2 is 2.00 bits per heavy atom. The van der Waals surface area contributed by atoms with Crippen LogP contribution in [0.15, 0.2) is 24.5 Å². The second kappa shape index (κ2) is 4.53. The summed E-state index contributed by atoms with van der Waals surface area (Å²) in [5.41, 5.74) is 4.73. The van der Waals surface area contributed by atoms with Crippen LogP contribution >= 0.6 is 0 Å². The van der Waals surface area contributed by atoms with Gasteiger partial charge in [-0.05, 0) is 17.7 Å². The smallest absolute Gasteiger partial charge is 0.251 e. The lowest BCUT2D eigenvalue weighted by atomic mass is 10.2. The fourth-order valence-electron chi connectivity index (χ4n) is 1.50. The average Bonchev–Trinajstić information content (AvgIpc) is 2.77. The number of benzene rings is 1. The molecular weight excluding hydrogens is 244 g/mol. The van der Waals surface area contributed by atoms with E-state index < -0.39 is 29.8 Å². The number of amides is 1. The fourth-order valence-corrected chi connectivity index (χ4v) is 1.50. The monoisotopic (exact) mass is 253 g/mol. The lowest BCUT2D eigenvalue weighted by Crippen LogP contribution is -2.10. The first kappa shape index (κ1) is 12.2. The molecule has 0 spiro atoms. The van der Waals surface area contributed by atoms with Crippen LogP contribution in [0.25, 0.3) is 5.69 Å². The fraction of sp³-hybridized carbons (Fsp3) is 0.0909. The summed E-state index contributed by atoms with van der Waals surface area (Å²) >= 11 is 0. The van der Waals surface area contributed by atoms with Gasteiger partial charge in [-0.3, -0.25) is 4.79 Å². The molecule has 18 heavy (non-hydrogen) atoms. The molecule has 1 heterocycles. The number of hydrogen-bond acceptors (Lipinski definition) is 3. The van der Waals surface area contributed by atoms with Crippen molar-refractivity contribution in [3.8, 4) is 5.69 Å². The van der Waals surface area contributed by atoms with Gasteiger partial charge >= 0.3 is 0 Å². The summed E-state index contributed by atoms with van der Waals surface area (Å²) in [6.07, 6.45) is 2.24. The summed E-state index contributed by atoms with van der Waals surface area (Å²) in [5, 5.41) is 12.5. The van der Waals surface area contributed by atoms with Crippen molar-refractivity contribution in [2.45, 2.75) is 6.61 Å². The molecule has 0 saturated heterocycles. The van der Waals surface area contributed by atoms with Gasteiger partial charge in [0.1, 0.15) is 5.69 Å².